The highest BCUT2D eigenvalue weighted by atomic mass is 15.0. The predicted octanol–water partition coefficient (Wildman–Crippen LogP) is 3.82. The van der Waals surface area contributed by atoms with Crippen molar-refractivity contribution in [3.05, 3.63) is 23.5 Å². The number of fused-ring (bicyclic) bond motifs is 1. The maximum absolute atomic E-state index is 6.41. The van der Waals surface area contributed by atoms with Gasteiger partial charge in [0.15, 0.2) is 0 Å². The van der Waals surface area contributed by atoms with Crippen molar-refractivity contribution in [2.45, 2.75) is 64.5 Å². The van der Waals surface area contributed by atoms with Crippen LogP contribution >= 0.6 is 0 Å². The van der Waals surface area contributed by atoms with E-state index >= 15 is 0 Å². The van der Waals surface area contributed by atoms with E-state index in [4.69, 9.17) is 5.73 Å². The highest BCUT2D eigenvalue weighted by molar-refractivity contribution is 5.31. The van der Waals surface area contributed by atoms with Gasteiger partial charge >= 0.3 is 0 Å². The lowest BCUT2D eigenvalue weighted by Gasteiger charge is -2.36. The molecule has 4 rings (SSSR count). The number of nitrogens with zero attached hydrogens (tertiary/aromatic N) is 1. The minimum absolute atomic E-state index is 0.249. The van der Waals surface area contributed by atoms with Crippen LogP contribution in [-0.2, 0) is 6.42 Å². The molecule has 3 aliphatic rings. The zero-order chi connectivity index (χ0) is 13.2. The summed E-state index contributed by atoms with van der Waals surface area (Å²) in [6.07, 6.45) is 10.5. The van der Waals surface area contributed by atoms with Crippen molar-refractivity contribution in [3.63, 3.8) is 0 Å². The van der Waals surface area contributed by atoms with Crippen LogP contribution in [0, 0.1) is 17.3 Å². The Bertz CT molecular complexity index is 479. The third-order valence-electron chi connectivity index (χ3n) is 5.41. The normalized spacial score (nSPS) is 29.6. The summed E-state index contributed by atoms with van der Waals surface area (Å²) in [5.74, 6) is 1.93. The minimum atomic E-state index is 0.249. The SMILES string of the molecule is CC1(C)Cc2c(ccn2C(C2CC2)C2CC2)C(N)C1. The van der Waals surface area contributed by atoms with E-state index in [0.717, 1.165) is 24.3 Å². The summed E-state index contributed by atoms with van der Waals surface area (Å²) in [5, 5.41) is 0. The Labute approximate surface area is 116 Å². The molecule has 0 aliphatic heterocycles. The van der Waals surface area contributed by atoms with Gasteiger partial charge in [-0.15, -0.1) is 0 Å². The first-order valence-electron chi connectivity index (χ1n) is 8.00. The molecule has 3 aliphatic carbocycles. The molecular weight excluding hydrogens is 232 g/mol. The first-order chi connectivity index (χ1) is 9.05. The fourth-order valence-electron chi connectivity index (χ4n) is 4.25. The molecule has 0 bridgehead atoms. The van der Waals surface area contributed by atoms with Crippen LogP contribution in [-0.4, -0.2) is 4.57 Å². The smallest absolute Gasteiger partial charge is 0.0389 e. The van der Waals surface area contributed by atoms with Gasteiger partial charge in [-0.1, -0.05) is 13.8 Å². The zero-order valence-electron chi connectivity index (χ0n) is 12.2. The van der Waals surface area contributed by atoms with E-state index < -0.39 is 0 Å². The van der Waals surface area contributed by atoms with Crippen LogP contribution in [0.4, 0.5) is 0 Å². The molecule has 0 spiro atoms. The molecule has 2 nitrogen and oxygen atoms in total. The van der Waals surface area contributed by atoms with Crippen LogP contribution in [0.5, 0.6) is 0 Å². The molecule has 1 unspecified atom stereocenters. The van der Waals surface area contributed by atoms with Crippen LogP contribution in [0.1, 0.15) is 69.3 Å². The molecule has 1 aromatic heterocycles. The van der Waals surface area contributed by atoms with Gasteiger partial charge < -0.3 is 10.3 Å². The van der Waals surface area contributed by atoms with Gasteiger partial charge in [-0.2, -0.15) is 0 Å². The van der Waals surface area contributed by atoms with Crippen molar-refractivity contribution in [1.29, 1.82) is 0 Å². The van der Waals surface area contributed by atoms with Crippen molar-refractivity contribution in [1.82, 2.24) is 4.57 Å². The van der Waals surface area contributed by atoms with Crippen LogP contribution in [0.2, 0.25) is 0 Å². The topological polar surface area (TPSA) is 30.9 Å². The monoisotopic (exact) mass is 258 g/mol. The Balaban J connectivity index is 1.73. The molecule has 1 aromatic rings. The molecule has 2 N–H and O–H groups in total. The highest BCUT2D eigenvalue weighted by Gasteiger charge is 2.44. The molecule has 1 heterocycles. The second-order valence-electron chi connectivity index (χ2n) is 7.94. The second kappa shape index (κ2) is 3.88. The minimum Gasteiger partial charge on any atom is -0.348 e. The van der Waals surface area contributed by atoms with E-state index in [9.17, 15) is 0 Å². The molecule has 0 aromatic carbocycles. The molecule has 19 heavy (non-hydrogen) atoms. The molecule has 2 saturated carbocycles. The number of hydrogen-bond donors (Lipinski definition) is 1. The molecule has 2 heteroatoms. The van der Waals surface area contributed by atoms with Crippen LogP contribution in [0.25, 0.3) is 0 Å². The number of aromatic nitrogens is 1. The number of nitrogens with two attached hydrogens (primary N) is 1. The lowest BCUT2D eigenvalue weighted by molar-refractivity contribution is 0.265. The Morgan fingerprint density at radius 1 is 1.21 bits per heavy atom. The average Bonchev–Trinajstić information content (AvgIpc) is 3.19. The quantitative estimate of drug-likeness (QED) is 0.878. The Morgan fingerprint density at radius 2 is 1.84 bits per heavy atom. The van der Waals surface area contributed by atoms with E-state index in [2.05, 4.69) is 30.7 Å². The van der Waals surface area contributed by atoms with Gasteiger partial charge in [0.1, 0.15) is 0 Å². The standard InChI is InChI=1S/C17H26N2/c1-17(2)9-14(18)13-7-8-19(15(13)10-17)16(11-3-4-11)12-5-6-12/h7-8,11-12,14,16H,3-6,9-10,18H2,1-2H3. The van der Waals surface area contributed by atoms with Gasteiger partial charge in [0, 0.05) is 24.0 Å². The largest absolute Gasteiger partial charge is 0.348 e. The van der Waals surface area contributed by atoms with E-state index in [1.807, 2.05) is 0 Å². The Hall–Kier alpha value is -0.760. The van der Waals surface area contributed by atoms with E-state index in [1.165, 1.54) is 37.7 Å². The summed E-state index contributed by atoms with van der Waals surface area (Å²) in [4.78, 5) is 0. The summed E-state index contributed by atoms with van der Waals surface area (Å²) < 4.78 is 2.64. The van der Waals surface area contributed by atoms with Crippen molar-refractivity contribution in [2.24, 2.45) is 23.0 Å². The van der Waals surface area contributed by atoms with Crippen molar-refractivity contribution < 1.29 is 0 Å². The first-order valence-corrected chi connectivity index (χ1v) is 8.00. The Kier molecular flexibility index (Phi) is 2.45. The van der Waals surface area contributed by atoms with Gasteiger partial charge in [-0.3, -0.25) is 0 Å². The van der Waals surface area contributed by atoms with Gasteiger partial charge in [0.05, 0.1) is 0 Å². The Morgan fingerprint density at radius 3 is 2.42 bits per heavy atom. The van der Waals surface area contributed by atoms with Gasteiger partial charge in [0.2, 0.25) is 0 Å². The number of rotatable bonds is 3. The molecule has 2 fully saturated rings. The molecule has 0 saturated heterocycles. The lowest BCUT2D eigenvalue weighted by atomic mass is 9.74. The van der Waals surface area contributed by atoms with Crippen LogP contribution < -0.4 is 5.73 Å². The van der Waals surface area contributed by atoms with Crippen molar-refractivity contribution >= 4 is 0 Å². The summed E-state index contributed by atoms with van der Waals surface area (Å²) in [7, 11) is 0. The van der Waals surface area contributed by atoms with Crippen LogP contribution in [0.3, 0.4) is 0 Å². The summed E-state index contributed by atoms with van der Waals surface area (Å²) >= 11 is 0. The van der Waals surface area contributed by atoms with Gasteiger partial charge in [0.25, 0.3) is 0 Å². The maximum Gasteiger partial charge on any atom is 0.0389 e. The third-order valence-corrected chi connectivity index (χ3v) is 5.41. The highest BCUT2D eigenvalue weighted by Crippen LogP contribution is 2.53. The summed E-state index contributed by atoms with van der Waals surface area (Å²) in [6, 6.07) is 3.36. The maximum atomic E-state index is 6.41. The fourth-order valence-corrected chi connectivity index (χ4v) is 4.25. The molecule has 1 atom stereocenters. The molecular formula is C17H26N2. The molecule has 0 amide bonds. The zero-order valence-corrected chi connectivity index (χ0v) is 12.2. The van der Waals surface area contributed by atoms with Crippen molar-refractivity contribution in [2.75, 3.05) is 0 Å². The number of hydrogen-bond acceptors (Lipinski definition) is 1. The average molecular weight is 258 g/mol. The molecule has 0 radical (unpaired) electrons. The summed E-state index contributed by atoms with van der Waals surface area (Å²) in [5.41, 5.74) is 9.77. The van der Waals surface area contributed by atoms with E-state index in [0.29, 0.717) is 5.41 Å². The fraction of sp³-hybridized carbons (Fsp3) is 0.765. The van der Waals surface area contributed by atoms with E-state index in [-0.39, 0.29) is 6.04 Å². The predicted molar refractivity (Wildman–Crippen MR) is 77.9 cm³/mol. The lowest BCUT2D eigenvalue weighted by Crippen LogP contribution is -2.31. The van der Waals surface area contributed by atoms with Crippen LogP contribution in [0.15, 0.2) is 12.3 Å². The third kappa shape index (κ3) is 2.05. The first kappa shape index (κ1) is 12.0. The van der Waals surface area contributed by atoms with E-state index in [1.54, 1.807) is 5.69 Å². The van der Waals surface area contributed by atoms with Crippen molar-refractivity contribution in [3.8, 4) is 0 Å². The second-order valence-corrected chi connectivity index (χ2v) is 7.94. The molecule has 104 valence electrons. The van der Waals surface area contributed by atoms with Gasteiger partial charge in [-0.05, 0) is 67.4 Å². The summed E-state index contributed by atoms with van der Waals surface area (Å²) in [6.45, 7) is 4.74. The van der Waals surface area contributed by atoms with Gasteiger partial charge in [-0.25, -0.2) is 0 Å².